The second-order valence-electron chi connectivity index (χ2n) is 18.1. The van der Waals surface area contributed by atoms with Crippen LogP contribution in [0.3, 0.4) is 0 Å². The van der Waals surface area contributed by atoms with E-state index < -0.39 is 115 Å². The molecule has 0 bridgehead atoms. The first kappa shape index (κ1) is 49.8. The van der Waals surface area contributed by atoms with Gasteiger partial charge in [-0.1, -0.05) is 59.3 Å². The predicted octanol–water partition coefficient (Wildman–Crippen LogP) is 3.80. The predicted molar refractivity (Wildman–Crippen MR) is 234 cm³/mol. The summed E-state index contributed by atoms with van der Waals surface area (Å²) in [6, 6.07) is 11.0. The van der Waals surface area contributed by atoms with E-state index in [2.05, 4.69) is 31.9 Å². The summed E-state index contributed by atoms with van der Waals surface area (Å²) in [7, 11) is -5.19. The summed E-state index contributed by atoms with van der Waals surface area (Å²) < 4.78 is 63.8. The smallest absolute Gasteiger partial charge is 0.470 e. The lowest BCUT2D eigenvalue weighted by molar-refractivity contribution is -0.235. The summed E-state index contributed by atoms with van der Waals surface area (Å²) in [4.78, 5) is 82.4. The van der Waals surface area contributed by atoms with E-state index in [1.165, 1.54) is 13.0 Å². The van der Waals surface area contributed by atoms with Crippen molar-refractivity contribution in [2.24, 2.45) is 22.7 Å². The maximum absolute atomic E-state index is 17.9. The number of phosphoric acid groups is 1. The van der Waals surface area contributed by atoms with Crippen LogP contribution in [0.2, 0.25) is 0 Å². The number of nitrogens with one attached hydrogen (secondary N) is 3. The number of ether oxygens (including phenoxy) is 2. The number of halogens is 3. The lowest BCUT2D eigenvalue weighted by atomic mass is 9.44. The van der Waals surface area contributed by atoms with E-state index in [4.69, 9.17) is 14.0 Å². The van der Waals surface area contributed by atoms with Gasteiger partial charge in [-0.3, -0.25) is 28.5 Å². The molecule has 7 rings (SSSR count). The Morgan fingerprint density at radius 2 is 1.79 bits per heavy atom. The first-order valence-corrected chi connectivity index (χ1v) is 24.2. The first-order chi connectivity index (χ1) is 31.1. The number of Topliss-reactive ketones (excluding diaryl/α,β-unsaturated/α-hetero) is 1. The van der Waals surface area contributed by atoms with Gasteiger partial charge in [-0.2, -0.15) is 0 Å². The van der Waals surface area contributed by atoms with Crippen LogP contribution in [-0.2, 0) is 55.6 Å². The van der Waals surface area contributed by atoms with Crippen LogP contribution in [0.5, 0.6) is 0 Å². The van der Waals surface area contributed by atoms with Crippen LogP contribution < -0.4 is 16.0 Å². The molecule has 1 saturated heterocycles. The van der Waals surface area contributed by atoms with Crippen molar-refractivity contribution in [3.05, 3.63) is 88.5 Å². The molecule has 0 unspecified atom stereocenters. The fraction of sp³-hybridized carbons (Fsp3) is 0.533. The standard InChI is InChI=1S/C45H53BrF2N3O14P/c1-42-9-8-29(53)17-32(42)33(47)18-31-30-19-37-45(36(55)23-63-66(60,61)62,43(30,2)20-35(54)44(31,42)48)65-41(64-37)27-5-3-4-24(14-27)12-25-13-26(22-52)16-28(15-25)51-40(59)34(6-7-39(57)58)49-10-11-50-38(56)21-46/h3-5,8-9,13-17,30-31,33-35,37,41,49,52,54H,6-7,10-12,18-23H2,1-2H3,(H,50,56)(H,51,59)(H,57,58)(H2,60,61,62)/t30-,31-,33-,34-,35-,37+,41+,42-,43-,44-,45+/m0/s1. The second-order valence-corrected chi connectivity index (χ2v) is 19.9. The quantitative estimate of drug-likeness (QED) is 0.0600. The zero-order valence-electron chi connectivity index (χ0n) is 36.1. The summed E-state index contributed by atoms with van der Waals surface area (Å²) in [5, 5.41) is 39.9. The Labute approximate surface area is 387 Å². The molecule has 66 heavy (non-hydrogen) atoms. The summed E-state index contributed by atoms with van der Waals surface area (Å²) in [6.45, 7) is 1.93. The molecule has 1 heterocycles. The van der Waals surface area contributed by atoms with Gasteiger partial charge in [0.25, 0.3) is 0 Å². The lowest BCUT2D eigenvalue weighted by Crippen LogP contribution is -2.70. The Kier molecular flexibility index (Phi) is 14.4. The monoisotopic (exact) mass is 1010 g/mol. The summed E-state index contributed by atoms with van der Waals surface area (Å²) in [6.07, 6.45) is -3.44. The minimum Gasteiger partial charge on any atom is -0.481 e. The number of allylic oxidation sites excluding steroid dienone is 4. The van der Waals surface area contributed by atoms with Crippen molar-refractivity contribution in [1.82, 2.24) is 10.6 Å². The maximum atomic E-state index is 17.9. The van der Waals surface area contributed by atoms with Crippen molar-refractivity contribution < 1.29 is 76.4 Å². The van der Waals surface area contributed by atoms with Crippen LogP contribution in [0.25, 0.3) is 0 Å². The number of amides is 2. The number of ketones is 2. The van der Waals surface area contributed by atoms with E-state index in [1.54, 1.807) is 49.4 Å². The van der Waals surface area contributed by atoms with Gasteiger partial charge < -0.3 is 50.5 Å². The number of carboxylic acids is 1. The number of aliphatic carboxylic acids is 1. The highest BCUT2D eigenvalue weighted by molar-refractivity contribution is 9.09. The average molecular weight is 1010 g/mol. The van der Waals surface area contributed by atoms with E-state index in [0.717, 1.165) is 12.2 Å². The van der Waals surface area contributed by atoms with Crippen LogP contribution in [0.15, 0.2) is 66.3 Å². The first-order valence-electron chi connectivity index (χ1n) is 21.5. The van der Waals surface area contributed by atoms with Crippen molar-refractivity contribution in [1.29, 1.82) is 0 Å². The third-order valence-corrected chi connectivity index (χ3v) is 15.2. The Morgan fingerprint density at radius 3 is 2.48 bits per heavy atom. The molecule has 8 N–H and O–H groups in total. The Hall–Kier alpha value is -4.08. The fourth-order valence-corrected chi connectivity index (χ4v) is 11.8. The SMILES string of the molecule is C[C@]12C=CC(=O)C=C1[C@@H](F)C[C@H]1[C@@H]3C[C@H]4O[C@@H](c5cccc(Cc6cc(CO)cc(NC(=O)[C@H](CCC(=O)O)NCCNC(=O)CBr)c6)c5)O[C@@]4(C(=O)COP(=O)(O)O)[C@@]3(C)C[C@H](O)[C@@]12F. The molecule has 1 aliphatic heterocycles. The van der Waals surface area contributed by atoms with Crippen LogP contribution in [0, 0.1) is 22.7 Å². The van der Waals surface area contributed by atoms with Gasteiger partial charge in [0.2, 0.25) is 11.8 Å². The summed E-state index contributed by atoms with van der Waals surface area (Å²) in [5.74, 6) is -5.38. The number of fused-ring (bicyclic) bond motifs is 7. The average Bonchev–Trinajstić information content (AvgIpc) is 3.76. The highest BCUT2D eigenvalue weighted by Crippen LogP contribution is 2.72. The molecule has 21 heteroatoms. The molecule has 2 amide bonds. The highest BCUT2D eigenvalue weighted by Gasteiger charge is 2.80. The molecule has 11 atom stereocenters. The Morgan fingerprint density at radius 1 is 1.05 bits per heavy atom. The molecule has 2 aromatic rings. The van der Waals surface area contributed by atoms with Crippen LogP contribution in [0.1, 0.15) is 74.5 Å². The fourth-order valence-electron chi connectivity index (χ4n) is 11.3. The summed E-state index contributed by atoms with van der Waals surface area (Å²) in [5.41, 5.74) is -5.26. The number of anilines is 1. The van der Waals surface area contributed by atoms with Gasteiger partial charge in [-0.15, -0.1) is 0 Å². The molecule has 3 saturated carbocycles. The van der Waals surface area contributed by atoms with E-state index in [1.807, 2.05) is 0 Å². The van der Waals surface area contributed by atoms with Gasteiger partial charge in [-0.25, -0.2) is 13.3 Å². The van der Waals surface area contributed by atoms with Crippen molar-refractivity contribution >= 4 is 58.8 Å². The largest absolute Gasteiger partial charge is 0.481 e. The van der Waals surface area contributed by atoms with E-state index in [9.17, 15) is 53.6 Å². The molecule has 4 aliphatic carbocycles. The van der Waals surface area contributed by atoms with Gasteiger partial charge >= 0.3 is 13.8 Å². The van der Waals surface area contributed by atoms with Gasteiger partial charge in [0.15, 0.2) is 29.1 Å². The number of rotatable bonds is 18. The zero-order chi connectivity index (χ0) is 48.0. The topological polar surface area (TPSA) is 267 Å². The van der Waals surface area contributed by atoms with Crippen LogP contribution in [-0.4, -0.2) is 115 Å². The van der Waals surface area contributed by atoms with Crippen molar-refractivity contribution in [3.63, 3.8) is 0 Å². The molecule has 0 spiro atoms. The number of carbonyl (C=O) groups excluding carboxylic acids is 4. The van der Waals surface area contributed by atoms with Crippen molar-refractivity contribution in [2.75, 3.05) is 30.3 Å². The van der Waals surface area contributed by atoms with Gasteiger partial charge in [0.05, 0.1) is 30.2 Å². The number of carbonyl (C=O) groups is 5. The molecule has 5 aliphatic rings. The Balaban J connectivity index is 1.14. The van der Waals surface area contributed by atoms with Crippen LogP contribution in [0.4, 0.5) is 14.5 Å². The normalized spacial score (nSPS) is 32.6. The van der Waals surface area contributed by atoms with Crippen molar-refractivity contribution in [2.45, 2.75) is 101 Å². The molecule has 4 fully saturated rings. The number of aliphatic hydroxyl groups excluding tert-OH is 2. The minimum atomic E-state index is -5.19. The van der Waals surface area contributed by atoms with Crippen LogP contribution >= 0.6 is 23.8 Å². The highest BCUT2D eigenvalue weighted by atomic mass is 79.9. The van der Waals surface area contributed by atoms with Gasteiger partial charge in [-0.05, 0) is 91.5 Å². The number of hydrogen-bond donors (Lipinski definition) is 8. The zero-order valence-corrected chi connectivity index (χ0v) is 38.6. The van der Waals surface area contributed by atoms with E-state index in [-0.39, 0.29) is 62.2 Å². The van der Waals surface area contributed by atoms with Gasteiger partial charge in [0.1, 0.15) is 12.8 Å². The number of benzene rings is 2. The number of hydrogen-bond acceptors (Lipinski definition) is 12. The molecule has 0 radical (unpaired) electrons. The second kappa shape index (κ2) is 19.1. The van der Waals surface area contributed by atoms with Gasteiger partial charge in [0, 0.05) is 47.5 Å². The van der Waals surface area contributed by atoms with E-state index in [0.29, 0.717) is 27.9 Å². The molecular weight excluding hydrogens is 955 g/mol. The van der Waals surface area contributed by atoms with E-state index >= 15 is 8.78 Å². The maximum Gasteiger partial charge on any atom is 0.470 e. The number of carboxylic acid groups (broad SMARTS) is 1. The summed E-state index contributed by atoms with van der Waals surface area (Å²) >= 11 is 3.05. The Bertz CT molecular complexity index is 2390. The molecule has 2 aromatic carbocycles. The minimum absolute atomic E-state index is 0.0447. The molecule has 17 nitrogen and oxygen atoms in total. The molecular formula is C45H53BrF2N3O14P. The van der Waals surface area contributed by atoms with Crippen molar-refractivity contribution in [3.8, 4) is 0 Å². The number of aliphatic hydroxyl groups is 2. The molecule has 358 valence electrons. The third kappa shape index (κ3) is 9.26. The number of alkyl halides is 3. The number of phosphoric ester groups is 1. The molecule has 0 aromatic heterocycles. The third-order valence-electron chi connectivity index (χ3n) is 14.2. The lowest BCUT2D eigenvalue weighted by Gasteiger charge is -2.63.